The molecule has 0 fully saturated rings. The average molecular weight is 130 g/mol. The summed E-state index contributed by atoms with van der Waals surface area (Å²) in [6.07, 6.45) is -4.69. The van der Waals surface area contributed by atoms with Gasteiger partial charge < -0.3 is 5.11 Å². The summed E-state index contributed by atoms with van der Waals surface area (Å²) in [6, 6.07) is 0. The van der Waals surface area contributed by atoms with Crippen LogP contribution in [0.25, 0.3) is 0 Å². The topological polar surface area (TPSA) is 20.2 Å². The molecule has 8 heavy (non-hydrogen) atoms. The Morgan fingerprint density at radius 3 is 1.38 bits per heavy atom. The van der Waals surface area contributed by atoms with E-state index in [0.717, 1.165) is 14.0 Å². The number of rotatable bonds is 0. The molecule has 1 N–H and O–H groups in total. The van der Waals surface area contributed by atoms with E-state index in [1.54, 1.807) is 0 Å². The normalized spacial score (nSPS) is 9.75. The van der Waals surface area contributed by atoms with Gasteiger partial charge in [-0.15, -0.1) is 0 Å². The van der Waals surface area contributed by atoms with Crippen molar-refractivity contribution >= 4 is 0 Å². The first-order chi connectivity index (χ1) is 3.56. The molecule has 0 bridgehead atoms. The highest BCUT2D eigenvalue weighted by molar-refractivity contribution is 4.39. The Hall–Kier alpha value is -0.250. The van der Waals surface area contributed by atoms with E-state index in [9.17, 15) is 13.2 Å². The molecule has 0 aromatic heterocycles. The maximum absolute atomic E-state index is 10.8. The van der Waals surface area contributed by atoms with E-state index in [1.807, 2.05) is 0 Å². The van der Waals surface area contributed by atoms with E-state index in [2.05, 4.69) is 0 Å². The molecule has 0 spiro atoms. The van der Waals surface area contributed by atoms with Crippen molar-refractivity contribution in [1.29, 1.82) is 0 Å². The van der Waals surface area contributed by atoms with Crippen molar-refractivity contribution in [2.75, 3.05) is 7.11 Å². The number of halogens is 3. The second-order valence-electron chi connectivity index (χ2n) is 0.969. The quantitative estimate of drug-likeness (QED) is 0.527. The van der Waals surface area contributed by atoms with Gasteiger partial charge in [-0.1, -0.05) is 6.92 Å². The predicted octanol–water partition coefficient (Wildman–Crippen LogP) is 1.57. The van der Waals surface area contributed by atoms with Crippen molar-refractivity contribution in [2.45, 2.75) is 19.5 Å². The molecule has 0 amide bonds. The minimum atomic E-state index is -3.96. The minimum Gasteiger partial charge on any atom is -0.400 e. The fraction of sp³-hybridized carbons (Fsp3) is 1.00. The lowest BCUT2D eigenvalue weighted by molar-refractivity contribution is -0.130. The van der Waals surface area contributed by atoms with Crippen LogP contribution >= 0.6 is 0 Å². The van der Waals surface area contributed by atoms with Crippen LogP contribution in [0.2, 0.25) is 0 Å². The van der Waals surface area contributed by atoms with E-state index in [1.165, 1.54) is 0 Å². The summed E-state index contributed by atoms with van der Waals surface area (Å²) in [7, 11) is 1.00. The molecule has 0 aliphatic rings. The highest BCUT2D eigenvalue weighted by atomic mass is 19.4. The van der Waals surface area contributed by atoms with Crippen molar-refractivity contribution in [3.8, 4) is 0 Å². The number of alkyl halides is 3. The third-order valence-corrected chi connectivity index (χ3v) is 0.401. The van der Waals surface area contributed by atoms with Gasteiger partial charge in [-0.2, -0.15) is 13.2 Å². The summed E-state index contributed by atoms with van der Waals surface area (Å²) in [5, 5.41) is 7.00. The standard InChI is InChI=1S/C3H5F3.CH4O/c1-2-3(4,5)6;1-2/h2H2,1H3;2H,1H3. The number of aliphatic hydroxyl groups is 1. The molecule has 0 unspecified atom stereocenters. The second-order valence-corrected chi connectivity index (χ2v) is 0.969. The third kappa shape index (κ3) is 17.2. The molecular weight excluding hydrogens is 121 g/mol. The Kier molecular flexibility index (Phi) is 6.54. The van der Waals surface area contributed by atoms with E-state index in [-0.39, 0.29) is 0 Å². The molecule has 52 valence electrons. The van der Waals surface area contributed by atoms with E-state index >= 15 is 0 Å². The zero-order chi connectivity index (χ0) is 7.21. The van der Waals surface area contributed by atoms with Crippen molar-refractivity contribution in [3.63, 3.8) is 0 Å². The van der Waals surface area contributed by atoms with Gasteiger partial charge in [-0.05, 0) is 0 Å². The first-order valence-electron chi connectivity index (χ1n) is 2.07. The van der Waals surface area contributed by atoms with E-state index in [0.29, 0.717) is 0 Å². The fourth-order valence-electron chi connectivity index (χ4n) is 0. The third-order valence-electron chi connectivity index (χ3n) is 0.401. The average Bonchev–Trinajstić information content (AvgIpc) is 1.71. The second kappa shape index (κ2) is 4.90. The number of hydrogen-bond donors (Lipinski definition) is 1. The zero-order valence-electron chi connectivity index (χ0n) is 4.79. The van der Waals surface area contributed by atoms with Crippen molar-refractivity contribution in [1.82, 2.24) is 0 Å². The summed E-state index contributed by atoms with van der Waals surface area (Å²) in [6.45, 7) is 1.08. The molecule has 0 rings (SSSR count). The Bertz CT molecular complexity index is 41.0. The lowest BCUT2D eigenvalue weighted by Gasteiger charge is -1.96. The highest BCUT2D eigenvalue weighted by Gasteiger charge is 2.22. The lowest BCUT2D eigenvalue weighted by Crippen LogP contribution is -2.02. The highest BCUT2D eigenvalue weighted by Crippen LogP contribution is 2.17. The largest absolute Gasteiger partial charge is 0.400 e. The van der Waals surface area contributed by atoms with Gasteiger partial charge in [-0.25, -0.2) is 0 Å². The van der Waals surface area contributed by atoms with Crippen molar-refractivity contribution < 1.29 is 18.3 Å². The fourth-order valence-corrected chi connectivity index (χ4v) is 0. The Morgan fingerprint density at radius 2 is 1.38 bits per heavy atom. The number of hydrogen-bond acceptors (Lipinski definition) is 1. The van der Waals surface area contributed by atoms with Crippen LogP contribution in [0.4, 0.5) is 13.2 Å². The first kappa shape index (κ1) is 10.7. The van der Waals surface area contributed by atoms with Crippen LogP contribution in [-0.2, 0) is 0 Å². The van der Waals surface area contributed by atoms with E-state index < -0.39 is 12.6 Å². The minimum absolute atomic E-state index is 0.729. The smallest absolute Gasteiger partial charge is 0.388 e. The van der Waals surface area contributed by atoms with Gasteiger partial charge in [0.1, 0.15) is 0 Å². The maximum Gasteiger partial charge on any atom is 0.388 e. The summed E-state index contributed by atoms with van der Waals surface area (Å²) >= 11 is 0. The van der Waals surface area contributed by atoms with Crippen LogP contribution in [0.15, 0.2) is 0 Å². The van der Waals surface area contributed by atoms with Gasteiger partial charge in [0.25, 0.3) is 0 Å². The van der Waals surface area contributed by atoms with Crippen LogP contribution < -0.4 is 0 Å². The molecule has 0 aliphatic heterocycles. The molecule has 1 nitrogen and oxygen atoms in total. The molecule has 4 heteroatoms. The van der Waals surface area contributed by atoms with E-state index in [4.69, 9.17) is 5.11 Å². The molecule has 0 atom stereocenters. The molecule has 0 saturated heterocycles. The number of aliphatic hydroxyl groups excluding tert-OH is 1. The zero-order valence-corrected chi connectivity index (χ0v) is 4.79. The van der Waals surface area contributed by atoms with Gasteiger partial charge in [0.05, 0.1) is 0 Å². The van der Waals surface area contributed by atoms with Crippen LogP contribution in [-0.4, -0.2) is 18.4 Å². The summed E-state index contributed by atoms with van der Waals surface area (Å²) in [5.41, 5.74) is 0. The van der Waals surface area contributed by atoms with Gasteiger partial charge in [0, 0.05) is 13.5 Å². The van der Waals surface area contributed by atoms with Gasteiger partial charge in [0.2, 0.25) is 0 Å². The SMILES string of the molecule is CCC(F)(F)F.CO. The van der Waals surface area contributed by atoms with Crippen molar-refractivity contribution in [3.05, 3.63) is 0 Å². The molecule has 0 aliphatic carbocycles. The molecule has 0 radical (unpaired) electrons. The van der Waals surface area contributed by atoms with Crippen LogP contribution in [0, 0.1) is 0 Å². The molecule has 0 aromatic rings. The molecular formula is C4H9F3O. The van der Waals surface area contributed by atoms with Gasteiger partial charge in [0.15, 0.2) is 0 Å². The molecule has 0 aromatic carbocycles. The maximum atomic E-state index is 10.8. The van der Waals surface area contributed by atoms with Gasteiger partial charge >= 0.3 is 6.18 Å². The van der Waals surface area contributed by atoms with Crippen molar-refractivity contribution in [2.24, 2.45) is 0 Å². The van der Waals surface area contributed by atoms with Crippen LogP contribution in [0.1, 0.15) is 13.3 Å². The Labute approximate surface area is 46.1 Å². The van der Waals surface area contributed by atoms with Crippen LogP contribution in [0.5, 0.6) is 0 Å². The summed E-state index contributed by atoms with van der Waals surface area (Å²) < 4.78 is 32.4. The predicted molar refractivity (Wildman–Crippen MR) is 24.5 cm³/mol. The Balaban J connectivity index is 0. The Morgan fingerprint density at radius 1 is 1.25 bits per heavy atom. The monoisotopic (exact) mass is 130 g/mol. The molecule has 0 saturated carbocycles. The molecule has 0 heterocycles. The lowest BCUT2D eigenvalue weighted by atomic mass is 10.5. The first-order valence-corrected chi connectivity index (χ1v) is 2.07. The van der Waals surface area contributed by atoms with Crippen LogP contribution in [0.3, 0.4) is 0 Å². The summed E-state index contributed by atoms with van der Waals surface area (Å²) in [4.78, 5) is 0. The van der Waals surface area contributed by atoms with Gasteiger partial charge in [-0.3, -0.25) is 0 Å². The summed E-state index contributed by atoms with van der Waals surface area (Å²) in [5.74, 6) is 0.